The third-order valence-corrected chi connectivity index (χ3v) is 3.09. The zero-order valence-corrected chi connectivity index (χ0v) is 10.1. The van der Waals surface area contributed by atoms with E-state index in [0.29, 0.717) is 13.2 Å². The Morgan fingerprint density at radius 3 is 2.80 bits per heavy atom. The summed E-state index contributed by atoms with van der Waals surface area (Å²) in [4.78, 5) is 0.00728. The Labute approximate surface area is 93.4 Å². The van der Waals surface area contributed by atoms with Crippen molar-refractivity contribution in [2.24, 2.45) is 0 Å². The topological polar surface area (TPSA) is 61.2 Å². The molecule has 1 aromatic heterocycles. The van der Waals surface area contributed by atoms with E-state index in [1.54, 1.807) is 0 Å². The maximum atomic E-state index is 10.9. The lowest BCUT2D eigenvalue weighted by Gasteiger charge is -2.10. The number of halogens is 1. The highest BCUT2D eigenvalue weighted by Gasteiger charge is 2.13. The molecule has 0 fully saturated rings. The third kappa shape index (κ3) is 3.81. The molecule has 1 atom stereocenters. The summed E-state index contributed by atoms with van der Waals surface area (Å²) < 4.78 is 28.7. The quantitative estimate of drug-likeness (QED) is 0.740. The fraction of sp³-hybridized carbons (Fsp3) is 0.625. The van der Waals surface area contributed by atoms with Gasteiger partial charge >= 0.3 is 0 Å². The van der Waals surface area contributed by atoms with Crippen molar-refractivity contribution in [2.45, 2.75) is 31.4 Å². The predicted molar refractivity (Wildman–Crippen MR) is 56.4 cm³/mol. The summed E-state index contributed by atoms with van der Waals surface area (Å²) in [6.45, 7) is 4.90. The molecule has 0 aliphatic heterocycles. The van der Waals surface area contributed by atoms with Gasteiger partial charge in [-0.1, -0.05) is 0 Å². The van der Waals surface area contributed by atoms with Gasteiger partial charge in [0.25, 0.3) is 9.05 Å². The maximum Gasteiger partial charge on any atom is 0.264 e. The fourth-order valence-electron chi connectivity index (χ4n) is 1.17. The monoisotopic (exact) mass is 252 g/mol. The Balaban J connectivity index is 2.69. The highest BCUT2D eigenvalue weighted by Crippen LogP contribution is 2.13. The van der Waals surface area contributed by atoms with Crippen LogP contribution < -0.4 is 0 Å². The Morgan fingerprint density at radius 2 is 2.33 bits per heavy atom. The minimum Gasteiger partial charge on any atom is -0.377 e. The van der Waals surface area contributed by atoms with Crippen LogP contribution in [0.2, 0.25) is 0 Å². The van der Waals surface area contributed by atoms with Gasteiger partial charge in [-0.3, -0.25) is 4.68 Å². The van der Waals surface area contributed by atoms with E-state index >= 15 is 0 Å². The van der Waals surface area contributed by atoms with E-state index in [4.69, 9.17) is 15.4 Å². The average molecular weight is 253 g/mol. The van der Waals surface area contributed by atoms with Crippen LogP contribution in [-0.4, -0.2) is 30.9 Å². The van der Waals surface area contributed by atoms with Crippen molar-refractivity contribution in [2.75, 3.05) is 6.61 Å². The predicted octanol–water partition coefficient (Wildman–Crippen LogP) is 1.24. The van der Waals surface area contributed by atoms with Gasteiger partial charge in [0.1, 0.15) is 4.90 Å². The maximum absolute atomic E-state index is 10.9. The molecule has 0 aromatic carbocycles. The van der Waals surface area contributed by atoms with Crippen molar-refractivity contribution in [1.82, 2.24) is 9.78 Å². The van der Waals surface area contributed by atoms with Crippen LogP contribution in [-0.2, 0) is 20.3 Å². The SMILES string of the molecule is CCOC(C)Cn1cc(S(=O)(=O)Cl)cn1. The largest absolute Gasteiger partial charge is 0.377 e. The molecule has 0 amide bonds. The summed E-state index contributed by atoms with van der Waals surface area (Å²) in [7, 11) is 1.48. The van der Waals surface area contributed by atoms with Crippen LogP contribution in [0.25, 0.3) is 0 Å². The molecule has 1 aromatic rings. The number of hydrogen-bond acceptors (Lipinski definition) is 4. The molecule has 1 heterocycles. The molecule has 1 rings (SSSR count). The van der Waals surface area contributed by atoms with E-state index in [9.17, 15) is 8.42 Å². The van der Waals surface area contributed by atoms with Crippen molar-refractivity contribution in [3.05, 3.63) is 12.4 Å². The lowest BCUT2D eigenvalue weighted by atomic mass is 10.4. The fourth-order valence-corrected chi connectivity index (χ4v) is 1.83. The summed E-state index contributed by atoms with van der Waals surface area (Å²) in [6, 6.07) is 0. The van der Waals surface area contributed by atoms with Gasteiger partial charge in [0, 0.05) is 23.5 Å². The molecule has 15 heavy (non-hydrogen) atoms. The summed E-state index contributed by atoms with van der Waals surface area (Å²) in [6.07, 6.45) is 2.60. The molecule has 7 heteroatoms. The van der Waals surface area contributed by atoms with E-state index < -0.39 is 9.05 Å². The second-order valence-electron chi connectivity index (χ2n) is 3.10. The van der Waals surface area contributed by atoms with Crippen LogP contribution in [0.1, 0.15) is 13.8 Å². The van der Waals surface area contributed by atoms with Crippen molar-refractivity contribution < 1.29 is 13.2 Å². The molecule has 0 N–H and O–H groups in total. The van der Waals surface area contributed by atoms with Gasteiger partial charge in [0.15, 0.2) is 0 Å². The van der Waals surface area contributed by atoms with Gasteiger partial charge in [-0.2, -0.15) is 5.10 Å². The molecular weight excluding hydrogens is 240 g/mol. The first kappa shape index (κ1) is 12.5. The summed E-state index contributed by atoms with van der Waals surface area (Å²) in [5.74, 6) is 0. The van der Waals surface area contributed by atoms with Crippen LogP contribution in [0.4, 0.5) is 0 Å². The van der Waals surface area contributed by atoms with Crippen LogP contribution in [0, 0.1) is 0 Å². The molecule has 0 radical (unpaired) electrons. The van der Waals surface area contributed by atoms with Crippen LogP contribution >= 0.6 is 10.7 Å². The normalized spacial score (nSPS) is 14.1. The third-order valence-electron chi connectivity index (χ3n) is 1.79. The van der Waals surface area contributed by atoms with E-state index in [2.05, 4.69) is 5.10 Å². The zero-order valence-electron chi connectivity index (χ0n) is 8.55. The summed E-state index contributed by atoms with van der Waals surface area (Å²) >= 11 is 0. The molecule has 86 valence electrons. The molecular formula is C8H13ClN2O3S. The van der Waals surface area contributed by atoms with Crippen LogP contribution in [0.3, 0.4) is 0 Å². The molecule has 0 bridgehead atoms. The van der Waals surface area contributed by atoms with Gasteiger partial charge in [0.2, 0.25) is 0 Å². The first-order chi connectivity index (χ1) is 6.93. The van der Waals surface area contributed by atoms with E-state index in [1.165, 1.54) is 17.1 Å². The molecule has 0 spiro atoms. The van der Waals surface area contributed by atoms with Gasteiger partial charge in [-0.25, -0.2) is 8.42 Å². The average Bonchev–Trinajstić information content (AvgIpc) is 2.52. The van der Waals surface area contributed by atoms with Crippen molar-refractivity contribution >= 4 is 19.7 Å². The van der Waals surface area contributed by atoms with Crippen LogP contribution in [0.5, 0.6) is 0 Å². The Kier molecular flexibility index (Phi) is 4.12. The standard InChI is InChI=1S/C8H13ClN2O3S/c1-3-14-7(2)5-11-6-8(4-10-11)15(9,12)13/h4,6-7H,3,5H2,1-2H3. The second kappa shape index (κ2) is 4.96. The van der Waals surface area contributed by atoms with Gasteiger partial charge in [-0.05, 0) is 13.8 Å². The summed E-state index contributed by atoms with van der Waals surface area (Å²) in [5, 5.41) is 3.88. The number of nitrogens with zero attached hydrogens (tertiary/aromatic N) is 2. The van der Waals surface area contributed by atoms with Crippen molar-refractivity contribution in [3.63, 3.8) is 0 Å². The molecule has 1 unspecified atom stereocenters. The highest BCUT2D eigenvalue weighted by atomic mass is 35.7. The highest BCUT2D eigenvalue weighted by molar-refractivity contribution is 8.13. The number of ether oxygens (including phenoxy) is 1. The van der Waals surface area contributed by atoms with E-state index in [0.717, 1.165) is 0 Å². The molecule has 0 aliphatic rings. The molecule has 0 aliphatic carbocycles. The number of aromatic nitrogens is 2. The van der Waals surface area contributed by atoms with Crippen molar-refractivity contribution in [1.29, 1.82) is 0 Å². The van der Waals surface area contributed by atoms with E-state index in [-0.39, 0.29) is 11.0 Å². The van der Waals surface area contributed by atoms with Gasteiger partial charge < -0.3 is 4.74 Å². The minimum atomic E-state index is -3.68. The first-order valence-corrected chi connectivity index (χ1v) is 6.83. The van der Waals surface area contributed by atoms with Crippen molar-refractivity contribution in [3.8, 4) is 0 Å². The van der Waals surface area contributed by atoms with Gasteiger partial charge in [-0.15, -0.1) is 0 Å². The minimum absolute atomic E-state index is 0.00728. The molecule has 0 saturated heterocycles. The first-order valence-electron chi connectivity index (χ1n) is 4.52. The molecule has 0 saturated carbocycles. The summed E-state index contributed by atoms with van der Waals surface area (Å²) in [5.41, 5.74) is 0. The Hall–Kier alpha value is -0.590. The lowest BCUT2D eigenvalue weighted by Crippen LogP contribution is -2.16. The van der Waals surface area contributed by atoms with Gasteiger partial charge in [0.05, 0.1) is 18.8 Å². The second-order valence-corrected chi connectivity index (χ2v) is 5.67. The molecule has 5 nitrogen and oxygen atoms in total. The smallest absolute Gasteiger partial charge is 0.264 e. The van der Waals surface area contributed by atoms with E-state index in [1.807, 2.05) is 13.8 Å². The Bertz CT molecular complexity index is 415. The Morgan fingerprint density at radius 1 is 1.67 bits per heavy atom. The van der Waals surface area contributed by atoms with Crippen LogP contribution in [0.15, 0.2) is 17.3 Å². The lowest BCUT2D eigenvalue weighted by molar-refractivity contribution is 0.0614. The number of rotatable bonds is 5. The zero-order chi connectivity index (χ0) is 11.5. The number of hydrogen-bond donors (Lipinski definition) is 0.